The summed E-state index contributed by atoms with van der Waals surface area (Å²) in [7, 11) is 1.82. The predicted molar refractivity (Wildman–Crippen MR) is 79.4 cm³/mol. The van der Waals surface area contributed by atoms with Gasteiger partial charge < -0.3 is 0 Å². The molecule has 0 N–H and O–H groups in total. The van der Waals surface area contributed by atoms with Crippen LogP contribution in [0.25, 0.3) is 11.3 Å². The van der Waals surface area contributed by atoms with Crippen LogP contribution in [-0.4, -0.2) is 50.7 Å². The van der Waals surface area contributed by atoms with E-state index in [4.69, 9.17) is 0 Å². The lowest BCUT2D eigenvalue weighted by atomic mass is 10.2. The van der Waals surface area contributed by atoms with Crippen molar-refractivity contribution in [1.82, 2.24) is 24.6 Å². The zero-order valence-corrected chi connectivity index (χ0v) is 12.1. The van der Waals surface area contributed by atoms with Crippen molar-refractivity contribution in [2.24, 2.45) is 0 Å². The van der Waals surface area contributed by atoms with Gasteiger partial charge >= 0.3 is 6.03 Å². The molecule has 1 aliphatic rings. The van der Waals surface area contributed by atoms with Crippen LogP contribution in [-0.2, 0) is 0 Å². The fourth-order valence-electron chi connectivity index (χ4n) is 2.56. The number of pyridine rings is 1. The molecule has 0 saturated carbocycles. The molecule has 1 fully saturated rings. The quantitative estimate of drug-likeness (QED) is 0.849. The number of aromatic nitrogens is 3. The third-order valence-electron chi connectivity index (χ3n) is 3.79. The lowest BCUT2D eigenvalue weighted by molar-refractivity contribution is 0.0196. The Kier molecular flexibility index (Phi) is 3.96. The SMILES string of the molecule is CN(C(=O)n1cnc(-c2cccnc2)c1)N1CCCCC1. The number of carbonyl (C=O) groups excluding carboxylic acids is 1. The Balaban J connectivity index is 1.74. The molecular formula is C15H19N5O. The van der Waals surface area contributed by atoms with Gasteiger partial charge in [0.05, 0.1) is 5.69 Å². The van der Waals surface area contributed by atoms with Gasteiger partial charge in [-0.3, -0.25) is 14.6 Å². The summed E-state index contributed by atoms with van der Waals surface area (Å²) in [5, 5.41) is 3.78. The van der Waals surface area contributed by atoms with Gasteiger partial charge in [0.15, 0.2) is 0 Å². The molecule has 0 atom stereocenters. The highest BCUT2D eigenvalue weighted by Crippen LogP contribution is 2.16. The number of amides is 1. The summed E-state index contributed by atoms with van der Waals surface area (Å²) in [5.74, 6) is 0. The van der Waals surface area contributed by atoms with Crippen LogP contribution in [0.3, 0.4) is 0 Å². The van der Waals surface area contributed by atoms with Gasteiger partial charge in [0.1, 0.15) is 6.33 Å². The van der Waals surface area contributed by atoms with E-state index in [9.17, 15) is 4.79 Å². The average Bonchev–Trinajstić information content (AvgIpc) is 3.05. The number of rotatable bonds is 2. The van der Waals surface area contributed by atoms with E-state index < -0.39 is 0 Å². The zero-order chi connectivity index (χ0) is 14.7. The van der Waals surface area contributed by atoms with Crippen molar-refractivity contribution in [2.45, 2.75) is 19.3 Å². The lowest BCUT2D eigenvalue weighted by Gasteiger charge is -2.34. The van der Waals surface area contributed by atoms with E-state index in [2.05, 4.69) is 15.0 Å². The highest BCUT2D eigenvalue weighted by molar-refractivity contribution is 5.77. The Hall–Kier alpha value is -2.21. The van der Waals surface area contributed by atoms with Crippen LogP contribution in [0.1, 0.15) is 19.3 Å². The van der Waals surface area contributed by atoms with Gasteiger partial charge in [-0.05, 0) is 25.0 Å². The molecule has 3 heterocycles. The van der Waals surface area contributed by atoms with E-state index in [0.717, 1.165) is 37.2 Å². The van der Waals surface area contributed by atoms with Gasteiger partial charge in [-0.2, -0.15) is 0 Å². The first kappa shape index (κ1) is 13.8. The van der Waals surface area contributed by atoms with Crippen LogP contribution in [0.15, 0.2) is 37.1 Å². The van der Waals surface area contributed by atoms with E-state index in [1.165, 1.54) is 11.0 Å². The third kappa shape index (κ3) is 2.95. The number of hydrazine groups is 1. The summed E-state index contributed by atoms with van der Waals surface area (Å²) in [5.41, 5.74) is 1.66. The first-order valence-electron chi connectivity index (χ1n) is 7.23. The Morgan fingerprint density at radius 1 is 1.29 bits per heavy atom. The minimum absolute atomic E-state index is 0.0838. The molecule has 21 heavy (non-hydrogen) atoms. The van der Waals surface area contributed by atoms with Crippen LogP contribution in [0.5, 0.6) is 0 Å². The number of carbonyl (C=O) groups is 1. The topological polar surface area (TPSA) is 54.3 Å². The van der Waals surface area contributed by atoms with Crippen LogP contribution in [0, 0.1) is 0 Å². The Labute approximate surface area is 124 Å². The van der Waals surface area contributed by atoms with Crippen LogP contribution < -0.4 is 0 Å². The van der Waals surface area contributed by atoms with Crippen molar-refractivity contribution in [1.29, 1.82) is 0 Å². The molecule has 6 heteroatoms. The maximum Gasteiger partial charge on any atom is 0.343 e. The molecule has 3 rings (SSSR count). The van der Waals surface area contributed by atoms with E-state index >= 15 is 0 Å². The highest BCUT2D eigenvalue weighted by atomic mass is 16.2. The van der Waals surface area contributed by atoms with Gasteiger partial charge in [0, 0.05) is 44.3 Å². The molecule has 0 aromatic carbocycles. The largest absolute Gasteiger partial charge is 0.343 e. The normalized spacial score (nSPS) is 15.9. The van der Waals surface area contributed by atoms with Gasteiger partial charge in [-0.25, -0.2) is 14.8 Å². The summed E-state index contributed by atoms with van der Waals surface area (Å²) in [4.78, 5) is 20.8. The summed E-state index contributed by atoms with van der Waals surface area (Å²) >= 11 is 0. The Bertz CT molecular complexity index is 604. The standard InChI is InChI=1S/C15H19N5O/c1-18(20-8-3-2-4-9-20)15(21)19-11-14(17-12-19)13-6-5-7-16-10-13/h5-7,10-12H,2-4,8-9H2,1H3. The zero-order valence-electron chi connectivity index (χ0n) is 12.1. The van der Waals surface area contributed by atoms with E-state index in [1.807, 2.05) is 19.2 Å². The van der Waals surface area contributed by atoms with Crippen molar-refractivity contribution in [2.75, 3.05) is 20.1 Å². The molecule has 0 aliphatic carbocycles. The average molecular weight is 285 g/mol. The molecular weight excluding hydrogens is 266 g/mol. The molecule has 1 saturated heterocycles. The molecule has 1 aliphatic heterocycles. The van der Waals surface area contributed by atoms with Crippen molar-refractivity contribution in [3.05, 3.63) is 37.1 Å². The number of hydrogen-bond acceptors (Lipinski definition) is 4. The van der Waals surface area contributed by atoms with Gasteiger partial charge in [0.25, 0.3) is 0 Å². The lowest BCUT2D eigenvalue weighted by Crippen LogP contribution is -2.47. The number of piperidine rings is 1. The summed E-state index contributed by atoms with van der Waals surface area (Å²) < 4.78 is 1.52. The maximum atomic E-state index is 12.5. The molecule has 1 amide bonds. The predicted octanol–water partition coefficient (Wildman–Crippen LogP) is 2.25. The van der Waals surface area contributed by atoms with Crippen molar-refractivity contribution in [3.63, 3.8) is 0 Å². The second kappa shape index (κ2) is 6.05. The molecule has 2 aromatic rings. The Morgan fingerprint density at radius 3 is 2.81 bits per heavy atom. The minimum atomic E-state index is -0.0838. The minimum Gasteiger partial charge on any atom is -0.264 e. The smallest absolute Gasteiger partial charge is 0.264 e. The van der Waals surface area contributed by atoms with Crippen molar-refractivity contribution in [3.8, 4) is 11.3 Å². The summed E-state index contributed by atoms with van der Waals surface area (Å²) in [6, 6.07) is 3.70. The van der Waals surface area contributed by atoms with E-state index in [-0.39, 0.29) is 6.03 Å². The second-order valence-corrected chi connectivity index (χ2v) is 5.23. The number of hydrogen-bond donors (Lipinski definition) is 0. The number of nitrogens with zero attached hydrogens (tertiary/aromatic N) is 5. The highest BCUT2D eigenvalue weighted by Gasteiger charge is 2.21. The summed E-state index contributed by atoms with van der Waals surface area (Å²) in [6.07, 6.45) is 10.3. The van der Waals surface area contributed by atoms with Gasteiger partial charge in [-0.1, -0.05) is 6.42 Å². The first-order chi connectivity index (χ1) is 10.3. The fraction of sp³-hybridized carbons (Fsp3) is 0.400. The van der Waals surface area contributed by atoms with Crippen molar-refractivity contribution < 1.29 is 4.79 Å². The molecule has 6 nitrogen and oxygen atoms in total. The van der Waals surface area contributed by atoms with E-state index in [1.54, 1.807) is 29.9 Å². The van der Waals surface area contributed by atoms with Gasteiger partial charge in [-0.15, -0.1) is 0 Å². The van der Waals surface area contributed by atoms with Crippen LogP contribution in [0.2, 0.25) is 0 Å². The second-order valence-electron chi connectivity index (χ2n) is 5.23. The fourth-order valence-corrected chi connectivity index (χ4v) is 2.56. The maximum absolute atomic E-state index is 12.5. The molecule has 0 radical (unpaired) electrons. The van der Waals surface area contributed by atoms with Crippen LogP contribution >= 0.6 is 0 Å². The molecule has 2 aromatic heterocycles. The monoisotopic (exact) mass is 285 g/mol. The summed E-state index contributed by atoms with van der Waals surface area (Å²) in [6.45, 7) is 1.87. The third-order valence-corrected chi connectivity index (χ3v) is 3.79. The number of imidazole rings is 1. The molecule has 0 spiro atoms. The molecule has 0 bridgehead atoms. The van der Waals surface area contributed by atoms with Crippen LogP contribution in [0.4, 0.5) is 4.79 Å². The van der Waals surface area contributed by atoms with Gasteiger partial charge in [0.2, 0.25) is 0 Å². The molecule has 0 unspecified atom stereocenters. The molecule has 110 valence electrons. The Morgan fingerprint density at radius 2 is 2.10 bits per heavy atom. The van der Waals surface area contributed by atoms with Crippen molar-refractivity contribution >= 4 is 6.03 Å². The van der Waals surface area contributed by atoms with E-state index in [0.29, 0.717) is 0 Å². The first-order valence-corrected chi connectivity index (χ1v) is 7.23.